The maximum atomic E-state index is 12.3. The standard InChI is InChI=1S/C58H108O5/c1-3-5-7-9-11-13-15-17-19-21-23-25-27-28-29-31-32-34-36-38-40-42-44-46-48-50-52-57(60)62-55-56(54-59)63-58(61)53-51-49-47-45-43-41-39-37-35-33-30-26-24-22-20-18-16-14-12-10-8-6-4-2/h16,18,22,24,30,33,56,59H,3-15,17,19-21,23,25-29,31-32,34-55H2,1-2H3/b18-16-,24-22-,33-30-. The Labute approximate surface area is 393 Å². The number of rotatable bonds is 52. The number of esters is 2. The van der Waals surface area contributed by atoms with Gasteiger partial charge >= 0.3 is 11.9 Å². The van der Waals surface area contributed by atoms with Crippen LogP contribution >= 0.6 is 0 Å². The van der Waals surface area contributed by atoms with Crippen LogP contribution in [0, 0.1) is 0 Å². The van der Waals surface area contributed by atoms with Crippen LogP contribution in [0.2, 0.25) is 0 Å². The van der Waals surface area contributed by atoms with Gasteiger partial charge in [-0.2, -0.15) is 0 Å². The molecule has 0 aliphatic rings. The van der Waals surface area contributed by atoms with E-state index in [4.69, 9.17) is 9.47 Å². The summed E-state index contributed by atoms with van der Waals surface area (Å²) in [5.74, 6) is -0.583. The second kappa shape index (κ2) is 54.5. The molecule has 0 heterocycles. The number of carbonyl (C=O) groups is 2. The van der Waals surface area contributed by atoms with Crippen molar-refractivity contribution < 1.29 is 24.2 Å². The number of hydrogen-bond donors (Lipinski definition) is 1. The van der Waals surface area contributed by atoms with Crippen LogP contribution in [0.4, 0.5) is 0 Å². The fourth-order valence-electron chi connectivity index (χ4n) is 8.45. The maximum Gasteiger partial charge on any atom is 0.306 e. The summed E-state index contributed by atoms with van der Waals surface area (Å²) in [6.45, 7) is 4.17. The maximum absolute atomic E-state index is 12.3. The Balaban J connectivity index is 3.46. The van der Waals surface area contributed by atoms with Crippen LogP contribution in [0.3, 0.4) is 0 Å². The normalized spacial score (nSPS) is 12.4. The molecule has 0 aromatic rings. The molecule has 0 amide bonds. The first-order chi connectivity index (χ1) is 31.1. The number of unbranched alkanes of at least 4 members (excludes halogenated alkanes) is 38. The molecule has 0 aromatic heterocycles. The first-order valence-electron chi connectivity index (χ1n) is 28.0. The van der Waals surface area contributed by atoms with Crippen molar-refractivity contribution in [2.45, 2.75) is 309 Å². The second-order valence-electron chi connectivity index (χ2n) is 19.0. The smallest absolute Gasteiger partial charge is 0.306 e. The SMILES string of the molecule is CCCCCCC/C=C\C/C=C\C/C=C\CCCCCCCCCCC(=O)OC(CO)COC(=O)CCCCCCCCCCCCCCCCCCCCCCCCCCCC. The summed E-state index contributed by atoms with van der Waals surface area (Å²) in [6.07, 6.45) is 69.7. The van der Waals surface area contributed by atoms with Crippen LogP contribution in [0.1, 0.15) is 303 Å². The molecular weight excluding hydrogens is 777 g/mol. The summed E-state index contributed by atoms with van der Waals surface area (Å²) in [5, 5.41) is 9.65. The lowest BCUT2D eigenvalue weighted by atomic mass is 10.0. The Kier molecular flexibility index (Phi) is 52.8. The van der Waals surface area contributed by atoms with Crippen molar-refractivity contribution in [2.75, 3.05) is 13.2 Å². The number of ether oxygens (including phenoxy) is 2. The van der Waals surface area contributed by atoms with Gasteiger partial charge in [-0.05, 0) is 51.4 Å². The Morgan fingerprint density at radius 2 is 0.635 bits per heavy atom. The van der Waals surface area contributed by atoms with Crippen LogP contribution in [0.15, 0.2) is 36.5 Å². The van der Waals surface area contributed by atoms with Gasteiger partial charge in [-0.25, -0.2) is 0 Å². The molecule has 0 rings (SSSR count). The summed E-state index contributed by atoms with van der Waals surface area (Å²) in [5.41, 5.74) is 0. The highest BCUT2D eigenvalue weighted by Gasteiger charge is 2.16. The summed E-state index contributed by atoms with van der Waals surface area (Å²) in [6, 6.07) is 0. The van der Waals surface area contributed by atoms with Crippen molar-refractivity contribution in [1.29, 1.82) is 0 Å². The largest absolute Gasteiger partial charge is 0.462 e. The Hall–Kier alpha value is -1.88. The van der Waals surface area contributed by atoms with E-state index in [0.29, 0.717) is 12.8 Å². The molecule has 0 saturated heterocycles. The van der Waals surface area contributed by atoms with E-state index in [2.05, 4.69) is 50.3 Å². The molecule has 0 radical (unpaired) electrons. The second-order valence-corrected chi connectivity index (χ2v) is 19.0. The van der Waals surface area contributed by atoms with Gasteiger partial charge in [-0.3, -0.25) is 9.59 Å². The average molecular weight is 885 g/mol. The van der Waals surface area contributed by atoms with Gasteiger partial charge < -0.3 is 14.6 Å². The van der Waals surface area contributed by atoms with Crippen LogP contribution < -0.4 is 0 Å². The van der Waals surface area contributed by atoms with Crippen LogP contribution in [0.25, 0.3) is 0 Å². The first kappa shape index (κ1) is 61.1. The number of carbonyl (C=O) groups excluding carboxylic acids is 2. The van der Waals surface area contributed by atoms with E-state index >= 15 is 0 Å². The van der Waals surface area contributed by atoms with Crippen molar-refractivity contribution in [3.63, 3.8) is 0 Å². The topological polar surface area (TPSA) is 72.8 Å². The third-order valence-corrected chi connectivity index (χ3v) is 12.7. The highest BCUT2D eigenvalue weighted by Crippen LogP contribution is 2.17. The molecule has 63 heavy (non-hydrogen) atoms. The van der Waals surface area contributed by atoms with E-state index in [0.717, 1.165) is 51.4 Å². The molecule has 0 aliphatic heterocycles. The lowest BCUT2D eigenvalue weighted by Crippen LogP contribution is -2.28. The zero-order valence-electron chi connectivity index (χ0n) is 42.4. The Morgan fingerprint density at radius 3 is 0.952 bits per heavy atom. The molecule has 0 saturated carbocycles. The number of hydrogen-bond acceptors (Lipinski definition) is 5. The van der Waals surface area contributed by atoms with Crippen LogP contribution in [0.5, 0.6) is 0 Å². The molecule has 1 atom stereocenters. The summed E-state index contributed by atoms with van der Waals surface area (Å²) >= 11 is 0. The van der Waals surface area contributed by atoms with Gasteiger partial charge in [0.2, 0.25) is 0 Å². The highest BCUT2D eigenvalue weighted by atomic mass is 16.6. The third-order valence-electron chi connectivity index (χ3n) is 12.7. The minimum atomic E-state index is -0.774. The van der Waals surface area contributed by atoms with Gasteiger partial charge in [-0.1, -0.05) is 275 Å². The molecule has 0 fully saturated rings. The van der Waals surface area contributed by atoms with E-state index in [1.54, 1.807) is 0 Å². The zero-order chi connectivity index (χ0) is 45.6. The molecule has 1 unspecified atom stereocenters. The minimum absolute atomic E-state index is 0.0649. The molecule has 370 valence electrons. The van der Waals surface area contributed by atoms with E-state index in [1.807, 2.05) is 0 Å². The molecule has 5 heteroatoms. The zero-order valence-corrected chi connectivity index (χ0v) is 42.4. The molecule has 0 bridgehead atoms. The Bertz CT molecular complexity index is 1000. The molecule has 1 N–H and O–H groups in total. The van der Waals surface area contributed by atoms with Gasteiger partial charge in [-0.15, -0.1) is 0 Å². The molecule has 5 nitrogen and oxygen atoms in total. The third kappa shape index (κ3) is 52.6. The summed E-state index contributed by atoms with van der Waals surface area (Å²) in [7, 11) is 0. The number of aliphatic hydroxyl groups is 1. The highest BCUT2D eigenvalue weighted by molar-refractivity contribution is 5.70. The van der Waals surface area contributed by atoms with Gasteiger partial charge in [0.05, 0.1) is 6.61 Å². The van der Waals surface area contributed by atoms with Crippen molar-refractivity contribution in [3.8, 4) is 0 Å². The van der Waals surface area contributed by atoms with Crippen molar-refractivity contribution in [1.82, 2.24) is 0 Å². The average Bonchev–Trinajstić information content (AvgIpc) is 3.29. The lowest BCUT2D eigenvalue weighted by Gasteiger charge is -2.15. The number of aliphatic hydroxyl groups excluding tert-OH is 1. The minimum Gasteiger partial charge on any atom is -0.462 e. The van der Waals surface area contributed by atoms with Gasteiger partial charge in [0, 0.05) is 12.8 Å². The monoisotopic (exact) mass is 885 g/mol. The van der Waals surface area contributed by atoms with Gasteiger partial charge in [0.1, 0.15) is 6.61 Å². The first-order valence-corrected chi connectivity index (χ1v) is 28.0. The summed E-state index contributed by atoms with van der Waals surface area (Å²) in [4.78, 5) is 24.5. The molecular formula is C58H108O5. The quantitative estimate of drug-likeness (QED) is 0.0374. The number of allylic oxidation sites excluding steroid dienone is 6. The predicted octanol–water partition coefficient (Wildman–Crippen LogP) is 18.7. The fraction of sp³-hybridized carbons (Fsp3) is 0.862. The van der Waals surface area contributed by atoms with Crippen molar-refractivity contribution >= 4 is 11.9 Å². The van der Waals surface area contributed by atoms with Crippen LogP contribution in [-0.4, -0.2) is 36.4 Å². The van der Waals surface area contributed by atoms with Crippen molar-refractivity contribution in [3.05, 3.63) is 36.5 Å². The predicted molar refractivity (Wildman–Crippen MR) is 274 cm³/mol. The van der Waals surface area contributed by atoms with E-state index < -0.39 is 6.10 Å². The van der Waals surface area contributed by atoms with E-state index in [9.17, 15) is 14.7 Å². The van der Waals surface area contributed by atoms with Crippen molar-refractivity contribution in [2.24, 2.45) is 0 Å². The van der Waals surface area contributed by atoms with Gasteiger partial charge in [0.25, 0.3) is 0 Å². The van der Waals surface area contributed by atoms with Crippen LogP contribution in [-0.2, 0) is 19.1 Å². The lowest BCUT2D eigenvalue weighted by molar-refractivity contribution is -0.161. The van der Waals surface area contributed by atoms with E-state index in [-0.39, 0.29) is 25.2 Å². The molecule has 0 aromatic carbocycles. The summed E-state index contributed by atoms with van der Waals surface area (Å²) < 4.78 is 10.7. The van der Waals surface area contributed by atoms with E-state index in [1.165, 1.54) is 225 Å². The molecule has 0 aliphatic carbocycles. The Morgan fingerprint density at radius 1 is 0.365 bits per heavy atom. The fourth-order valence-corrected chi connectivity index (χ4v) is 8.45. The van der Waals surface area contributed by atoms with Gasteiger partial charge in [0.15, 0.2) is 6.10 Å². The molecule has 0 spiro atoms.